The van der Waals surface area contributed by atoms with Crippen LogP contribution >= 0.6 is 11.8 Å². The van der Waals surface area contributed by atoms with Crippen molar-refractivity contribution >= 4 is 28.4 Å². The Bertz CT molecular complexity index is 723. The lowest BCUT2D eigenvalue weighted by Gasteiger charge is -2.09. The number of pyridine rings is 1. The molecule has 2 aromatic carbocycles. The van der Waals surface area contributed by atoms with Gasteiger partial charge in [-0.2, -0.15) is 0 Å². The summed E-state index contributed by atoms with van der Waals surface area (Å²) in [5, 5.41) is 4.75. The third-order valence-corrected chi connectivity index (χ3v) is 4.90. The average Bonchev–Trinajstić information content (AvgIpc) is 2.62. The molecule has 1 heterocycles. The smallest absolute Gasteiger partial charge is 0.0722 e. The standard InChI is InChI=1S/C20H22N2S/c1-3-9-17(10-4-1)23-16-8-2-7-14-21-20-13-15-22-19-12-6-5-11-18(19)20/h1,3-6,9-13,15H,2,7-8,14,16H2,(H,21,22). The highest BCUT2D eigenvalue weighted by Crippen LogP contribution is 2.21. The number of unbranched alkanes of at least 4 members (excludes halogenated alkanes) is 2. The molecule has 0 saturated carbocycles. The van der Waals surface area contributed by atoms with Crippen LogP contribution in [0.4, 0.5) is 5.69 Å². The van der Waals surface area contributed by atoms with Crippen molar-refractivity contribution in [2.75, 3.05) is 17.6 Å². The lowest BCUT2D eigenvalue weighted by molar-refractivity contribution is 0.750. The molecule has 1 aromatic heterocycles. The predicted octanol–water partition coefficient (Wildman–Crippen LogP) is 5.61. The zero-order valence-electron chi connectivity index (χ0n) is 13.2. The van der Waals surface area contributed by atoms with Crippen molar-refractivity contribution in [2.45, 2.75) is 24.2 Å². The second kappa shape index (κ2) is 8.59. The van der Waals surface area contributed by atoms with Gasteiger partial charge in [0.05, 0.1) is 5.52 Å². The Labute approximate surface area is 142 Å². The highest BCUT2D eigenvalue weighted by Gasteiger charge is 2.00. The van der Waals surface area contributed by atoms with E-state index in [4.69, 9.17) is 0 Å². The second-order valence-electron chi connectivity index (χ2n) is 5.52. The minimum Gasteiger partial charge on any atom is -0.384 e. The Morgan fingerprint density at radius 2 is 1.65 bits per heavy atom. The molecule has 0 aliphatic rings. The Balaban J connectivity index is 1.37. The molecule has 0 radical (unpaired) electrons. The molecule has 0 bridgehead atoms. The molecule has 1 N–H and O–H groups in total. The van der Waals surface area contributed by atoms with E-state index in [1.807, 2.05) is 24.0 Å². The number of benzene rings is 2. The largest absolute Gasteiger partial charge is 0.384 e. The summed E-state index contributed by atoms with van der Waals surface area (Å²) in [5.74, 6) is 1.20. The maximum Gasteiger partial charge on any atom is 0.0722 e. The number of aromatic nitrogens is 1. The van der Waals surface area contributed by atoms with Crippen LogP contribution in [0.2, 0.25) is 0 Å². The fraction of sp³-hybridized carbons (Fsp3) is 0.250. The van der Waals surface area contributed by atoms with Crippen molar-refractivity contribution in [3.63, 3.8) is 0 Å². The molecule has 0 saturated heterocycles. The Morgan fingerprint density at radius 3 is 2.57 bits per heavy atom. The van der Waals surface area contributed by atoms with E-state index in [9.17, 15) is 0 Å². The summed E-state index contributed by atoms with van der Waals surface area (Å²) < 4.78 is 0. The Morgan fingerprint density at radius 1 is 0.826 bits per heavy atom. The summed E-state index contributed by atoms with van der Waals surface area (Å²) >= 11 is 1.95. The topological polar surface area (TPSA) is 24.9 Å². The van der Waals surface area contributed by atoms with Crippen LogP contribution in [0.1, 0.15) is 19.3 Å². The number of para-hydroxylation sites is 1. The summed E-state index contributed by atoms with van der Waals surface area (Å²) in [7, 11) is 0. The van der Waals surface area contributed by atoms with Crippen LogP contribution in [0.5, 0.6) is 0 Å². The molecule has 118 valence electrons. The first-order valence-electron chi connectivity index (χ1n) is 8.19. The normalized spacial score (nSPS) is 10.8. The molecule has 0 fully saturated rings. The molecule has 23 heavy (non-hydrogen) atoms. The molecule has 3 rings (SSSR count). The molecule has 3 heteroatoms. The third kappa shape index (κ3) is 4.73. The van der Waals surface area contributed by atoms with Gasteiger partial charge in [-0.15, -0.1) is 11.8 Å². The SMILES string of the molecule is c1ccc(SCCCCCNc2ccnc3ccccc23)cc1. The monoisotopic (exact) mass is 322 g/mol. The quantitative estimate of drug-likeness (QED) is 0.431. The summed E-state index contributed by atoms with van der Waals surface area (Å²) in [5.41, 5.74) is 2.24. The third-order valence-electron chi connectivity index (χ3n) is 3.80. The number of anilines is 1. The summed E-state index contributed by atoms with van der Waals surface area (Å²) in [4.78, 5) is 5.77. The van der Waals surface area contributed by atoms with E-state index < -0.39 is 0 Å². The first kappa shape index (κ1) is 15.9. The lowest BCUT2D eigenvalue weighted by Crippen LogP contribution is -2.02. The Hall–Kier alpha value is -2.00. The molecule has 0 aliphatic carbocycles. The van der Waals surface area contributed by atoms with Gasteiger partial charge >= 0.3 is 0 Å². The van der Waals surface area contributed by atoms with Gasteiger partial charge in [0.25, 0.3) is 0 Å². The van der Waals surface area contributed by atoms with Crippen LogP contribution < -0.4 is 5.32 Å². The van der Waals surface area contributed by atoms with Crippen LogP contribution in [0.15, 0.2) is 71.8 Å². The minimum absolute atomic E-state index is 1.02. The van der Waals surface area contributed by atoms with Crippen molar-refractivity contribution < 1.29 is 0 Å². The van der Waals surface area contributed by atoms with E-state index >= 15 is 0 Å². The van der Waals surface area contributed by atoms with E-state index in [0.29, 0.717) is 0 Å². The van der Waals surface area contributed by atoms with E-state index in [1.165, 1.54) is 41.0 Å². The number of hydrogen-bond donors (Lipinski definition) is 1. The van der Waals surface area contributed by atoms with Crippen LogP contribution in [0.25, 0.3) is 10.9 Å². The van der Waals surface area contributed by atoms with Crippen molar-refractivity contribution in [3.05, 3.63) is 66.9 Å². The van der Waals surface area contributed by atoms with Gasteiger partial charge in [-0.25, -0.2) is 0 Å². The van der Waals surface area contributed by atoms with Crippen LogP contribution in [0.3, 0.4) is 0 Å². The highest BCUT2D eigenvalue weighted by atomic mass is 32.2. The lowest BCUT2D eigenvalue weighted by atomic mass is 10.2. The van der Waals surface area contributed by atoms with E-state index in [2.05, 4.69) is 64.9 Å². The van der Waals surface area contributed by atoms with Gasteiger partial charge in [-0.3, -0.25) is 4.98 Å². The zero-order valence-corrected chi connectivity index (χ0v) is 14.1. The summed E-state index contributed by atoms with van der Waals surface area (Å²) in [6.45, 7) is 1.02. The van der Waals surface area contributed by atoms with Gasteiger partial charge < -0.3 is 5.32 Å². The first-order valence-corrected chi connectivity index (χ1v) is 9.17. The predicted molar refractivity (Wildman–Crippen MR) is 101 cm³/mol. The molecular weight excluding hydrogens is 300 g/mol. The van der Waals surface area contributed by atoms with Crippen molar-refractivity contribution in [1.82, 2.24) is 4.98 Å². The number of fused-ring (bicyclic) bond motifs is 1. The van der Waals surface area contributed by atoms with E-state index in [1.54, 1.807) is 0 Å². The average molecular weight is 322 g/mol. The number of nitrogens with zero attached hydrogens (tertiary/aromatic N) is 1. The molecule has 0 aliphatic heterocycles. The maximum absolute atomic E-state index is 4.40. The van der Waals surface area contributed by atoms with Crippen molar-refractivity contribution in [2.24, 2.45) is 0 Å². The summed E-state index contributed by atoms with van der Waals surface area (Å²) in [6.07, 6.45) is 5.60. The van der Waals surface area contributed by atoms with Crippen LogP contribution in [-0.4, -0.2) is 17.3 Å². The van der Waals surface area contributed by atoms with Gasteiger partial charge in [-0.05, 0) is 42.9 Å². The van der Waals surface area contributed by atoms with E-state index in [-0.39, 0.29) is 0 Å². The van der Waals surface area contributed by atoms with Gasteiger partial charge in [0.1, 0.15) is 0 Å². The molecular formula is C20H22N2S. The van der Waals surface area contributed by atoms with Gasteiger partial charge in [0, 0.05) is 28.7 Å². The van der Waals surface area contributed by atoms with Gasteiger partial charge in [-0.1, -0.05) is 42.8 Å². The molecule has 3 aromatic rings. The molecule has 0 spiro atoms. The van der Waals surface area contributed by atoms with Gasteiger partial charge in [0.15, 0.2) is 0 Å². The molecule has 2 nitrogen and oxygen atoms in total. The fourth-order valence-corrected chi connectivity index (χ4v) is 3.52. The number of rotatable bonds is 8. The van der Waals surface area contributed by atoms with Crippen molar-refractivity contribution in [1.29, 1.82) is 0 Å². The fourth-order valence-electron chi connectivity index (χ4n) is 2.58. The molecule has 0 amide bonds. The minimum atomic E-state index is 1.02. The highest BCUT2D eigenvalue weighted by molar-refractivity contribution is 7.99. The van der Waals surface area contributed by atoms with Gasteiger partial charge in [0.2, 0.25) is 0 Å². The maximum atomic E-state index is 4.40. The zero-order chi connectivity index (χ0) is 15.7. The first-order chi connectivity index (χ1) is 11.4. The number of hydrogen-bond acceptors (Lipinski definition) is 3. The summed E-state index contributed by atoms with van der Waals surface area (Å²) in [6, 6.07) is 21.0. The van der Waals surface area contributed by atoms with Crippen LogP contribution in [0, 0.1) is 0 Å². The number of nitrogens with one attached hydrogen (secondary N) is 1. The van der Waals surface area contributed by atoms with Crippen LogP contribution in [-0.2, 0) is 0 Å². The second-order valence-corrected chi connectivity index (χ2v) is 6.69. The molecule has 0 atom stereocenters. The van der Waals surface area contributed by atoms with Crippen molar-refractivity contribution in [3.8, 4) is 0 Å². The Kier molecular flexibility index (Phi) is 5.93. The van der Waals surface area contributed by atoms with E-state index in [0.717, 1.165) is 12.1 Å². The molecule has 0 unspecified atom stereocenters. The number of thioether (sulfide) groups is 1.